The molecule has 3 rings (SSSR count). The molecule has 0 atom stereocenters. The summed E-state index contributed by atoms with van der Waals surface area (Å²) in [7, 11) is 3.75. The van der Waals surface area contributed by atoms with E-state index in [1.807, 2.05) is 56.1 Å². The largest absolute Gasteiger partial charge is 0.327 e. The van der Waals surface area contributed by atoms with Gasteiger partial charge in [-0.2, -0.15) is 0 Å². The van der Waals surface area contributed by atoms with Gasteiger partial charge < -0.3 is 9.80 Å². The van der Waals surface area contributed by atoms with Crippen molar-refractivity contribution in [3.05, 3.63) is 47.2 Å². The quantitative estimate of drug-likeness (QED) is 0.736. The van der Waals surface area contributed by atoms with Gasteiger partial charge in [-0.05, 0) is 38.1 Å². The number of amides is 1. The molecule has 0 N–H and O–H groups in total. The maximum Gasteiger partial charge on any atom is 0.260 e. The Morgan fingerprint density at radius 1 is 0.950 bits per heavy atom. The first-order valence-electron chi connectivity index (χ1n) is 6.59. The smallest absolute Gasteiger partial charge is 0.260 e. The minimum Gasteiger partial charge on any atom is -0.327 e. The second-order valence-corrected chi connectivity index (χ2v) is 5.24. The number of pyridine rings is 1. The zero-order chi connectivity index (χ0) is 14.4. The van der Waals surface area contributed by atoms with Gasteiger partial charge in [-0.1, -0.05) is 11.6 Å². The molecule has 102 valence electrons. The second-order valence-electron chi connectivity index (χ2n) is 5.24. The molecule has 2 heterocycles. The number of benzene rings is 1. The average molecular weight is 267 g/mol. The number of nitrogens with zero attached hydrogens (tertiary/aromatic N) is 3. The molecule has 1 amide bonds. The third kappa shape index (κ3) is 1.76. The van der Waals surface area contributed by atoms with Crippen LogP contribution in [0, 0.1) is 13.8 Å². The summed E-state index contributed by atoms with van der Waals surface area (Å²) in [6.45, 7) is 3.95. The van der Waals surface area contributed by atoms with E-state index < -0.39 is 0 Å². The summed E-state index contributed by atoms with van der Waals surface area (Å²) in [5.41, 5.74) is 4.45. The summed E-state index contributed by atoms with van der Waals surface area (Å²) in [5, 5.41) is 0. The van der Waals surface area contributed by atoms with Gasteiger partial charge in [-0.25, -0.2) is 4.98 Å². The highest BCUT2D eigenvalue weighted by Crippen LogP contribution is 2.37. The Bertz CT molecular complexity index is 709. The molecule has 1 aromatic carbocycles. The minimum absolute atomic E-state index is 0.0000435. The molecular weight excluding hydrogens is 250 g/mol. The zero-order valence-corrected chi connectivity index (χ0v) is 12.1. The van der Waals surface area contributed by atoms with Gasteiger partial charge in [0.25, 0.3) is 5.91 Å². The molecule has 0 radical (unpaired) electrons. The van der Waals surface area contributed by atoms with Crippen LogP contribution in [-0.2, 0) is 0 Å². The lowest BCUT2D eigenvalue weighted by molar-refractivity contribution is 0.0994. The normalized spacial score (nSPS) is 13.9. The SMILES string of the molecule is Cc1ccc2c(c1)C(=O)N(C)c1ccc(C)nc1N2C. The highest BCUT2D eigenvalue weighted by molar-refractivity contribution is 6.13. The van der Waals surface area contributed by atoms with Crippen molar-refractivity contribution in [1.82, 2.24) is 4.98 Å². The van der Waals surface area contributed by atoms with E-state index in [0.29, 0.717) is 5.56 Å². The molecule has 0 saturated heterocycles. The average Bonchev–Trinajstić information content (AvgIpc) is 2.50. The fourth-order valence-electron chi connectivity index (χ4n) is 2.56. The number of aryl methyl sites for hydroxylation is 2. The van der Waals surface area contributed by atoms with Gasteiger partial charge in [0, 0.05) is 19.8 Å². The van der Waals surface area contributed by atoms with E-state index in [0.717, 1.165) is 28.5 Å². The molecule has 0 bridgehead atoms. The summed E-state index contributed by atoms with van der Waals surface area (Å²) in [6, 6.07) is 9.81. The number of aromatic nitrogens is 1. The van der Waals surface area contributed by atoms with Crippen LogP contribution in [0.1, 0.15) is 21.6 Å². The Morgan fingerprint density at radius 3 is 2.40 bits per heavy atom. The van der Waals surface area contributed by atoms with Gasteiger partial charge in [-0.3, -0.25) is 4.79 Å². The van der Waals surface area contributed by atoms with Crippen molar-refractivity contribution in [2.45, 2.75) is 13.8 Å². The lowest BCUT2D eigenvalue weighted by atomic mass is 10.1. The standard InChI is InChI=1S/C16H17N3O/c1-10-5-7-13-12(9-10)16(20)19(4)14-8-6-11(2)17-15(14)18(13)3/h5-9H,1-4H3. The van der Waals surface area contributed by atoms with Crippen molar-refractivity contribution in [3.8, 4) is 0 Å². The van der Waals surface area contributed by atoms with Crippen LogP contribution in [0.2, 0.25) is 0 Å². The van der Waals surface area contributed by atoms with E-state index >= 15 is 0 Å². The lowest BCUT2D eigenvalue weighted by Crippen LogP contribution is -2.25. The van der Waals surface area contributed by atoms with E-state index in [9.17, 15) is 4.79 Å². The predicted molar refractivity (Wildman–Crippen MR) is 80.9 cm³/mol. The molecule has 4 nitrogen and oxygen atoms in total. The Kier molecular flexibility index (Phi) is 2.74. The van der Waals surface area contributed by atoms with Gasteiger partial charge in [0.2, 0.25) is 0 Å². The number of hydrogen-bond donors (Lipinski definition) is 0. The predicted octanol–water partition coefficient (Wildman–Crippen LogP) is 3.06. The third-order valence-electron chi connectivity index (χ3n) is 3.72. The van der Waals surface area contributed by atoms with Gasteiger partial charge in [0.1, 0.15) is 0 Å². The number of anilines is 3. The lowest BCUT2D eigenvalue weighted by Gasteiger charge is -2.21. The van der Waals surface area contributed by atoms with Crippen LogP contribution in [0.5, 0.6) is 0 Å². The Balaban J connectivity index is 2.31. The minimum atomic E-state index is -0.0000435. The first-order valence-corrected chi connectivity index (χ1v) is 6.59. The van der Waals surface area contributed by atoms with Crippen LogP contribution >= 0.6 is 0 Å². The van der Waals surface area contributed by atoms with Crippen molar-refractivity contribution in [2.75, 3.05) is 23.9 Å². The third-order valence-corrected chi connectivity index (χ3v) is 3.72. The number of rotatable bonds is 0. The molecule has 1 aromatic heterocycles. The molecule has 0 aliphatic carbocycles. The molecule has 0 unspecified atom stereocenters. The maximum absolute atomic E-state index is 12.7. The highest BCUT2D eigenvalue weighted by Gasteiger charge is 2.28. The molecule has 0 fully saturated rings. The zero-order valence-electron chi connectivity index (χ0n) is 12.1. The Hall–Kier alpha value is -2.36. The van der Waals surface area contributed by atoms with Gasteiger partial charge >= 0.3 is 0 Å². The van der Waals surface area contributed by atoms with Crippen LogP contribution in [0.3, 0.4) is 0 Å². The summed E-state index contributed by atoms with van der Waals surface area (Å²) in [5.74, 6) is 0.809. The van der Waals surface area contributed by atoms with Gasteiger partial charge in [0.15, 0.2) is 5.82 Å². The van der Waals surface area contributed by atoms with Crippen LogP contribution in [0.25, 0.3) is 0 Å². The van der Waals surface area contributed by atoms with E-state index in [4.69, 9.17) is 0 Å². The molecule has 2 aromatic rings. The fraction of sp³-hybridized carbons (Fsp3) is 0.250. The summed E-state index contributed by atoms with van der Waals surface area (Å²) < 4.78 is 0. The Morgan fingerprint density at radius 2 is 1.65 bits per heavy atom. The molecule has 1 aliphatic heterocycles. The number of carbonyl (C=O) groups is 1. The molecular formula is C16H17N3O. The van der Waals surface area contributed by atoms with E-state index in [-0.39, 0.29) is 5.91 Å². The summed E-state index contributed by atoms with van der Waals surface area (Å²) in [4.78, 5) is 20.9. The first-order chi connectivity index (χ1) is 9.49. The van der Waals surface area contributed by atoms with E-state index in [1.54, 1.807) is 11.9 Å². The Labute approximate surface area is 118 Å². The van der Waals surface area contributed by atoms with Crippen LogP contribution in [0.4, 0.5) is 17.2 Å². The number of hydrogen-bond acceptors (Lipinski definition) is 3. The molecule has 0 spiro atoms. The molecule has 0 saturated carbocycles. The van der Waals surface area contributed by atoms with Gasteiger partial charge in [0.05, 0.1) is 16.9 Å². The van der Waals surface area contributed by atoms with Crippen molar-refractivity contribution in [2.24, 2.45) is 0 Å². The van der Waals surface area contributed by atoms with Crippen molar-refractivity contribution >= 4 is 23.1 Å². The summed E-state index contributed by atoms with van der Waals surface area (Å²) in [6.07, 6.45) is 0. The number of fused-ring (bicyclic) bond motifs is 2. The molecule has 1 aliphatic rings. The monoisotopic (exact) mass is 267 g/mol. The topological polar surface area (TPSA) is 36.4 Å². The van der Waals surface area contributed by atoms with E-state index in [1.165, 1.54) is 0 Å². The van der Waals surface area contributed by atoms with Gasteiger partial charge in [-0.15, -0.1) is 0 Å². The van der Waals surface area contributed by atoms with Crippen molar-refractivity contribution in [1.29, 1.82) is 0 Å². The fourth-order valence-corrected chi connectivity index (χ4v) is 2.56. The van der Waals surface area contributed by atoms with Crippen LogP contribution in [0.15, 0.2) is 30.3 Å². The van der Waals surface area contributed by atoms with Crippen molar-refractivity contribution in [3.63, 3.8) is 0 Å². The van der Waals surface area contributed by atoms with E-state index in [2.05, 4.69) is 4.98 Å². The molecule has 4 heteroatoms. The summed E-state index contributed by atoms with van der Waals surface area (Å²) >= 11 is 0. The first kappa shape index (κ1) is 12.7. The van der Waals surface area contributed by atoms with Crippen LogP contribution in [-0.4, -0.2) is 25.0 Å². The number of carbonyl (C=O) groups excluding carboxylic acids is 1. The van der Waals surface area contributed by atoms with Crippen LogP contribution < -0.4 is 9.80 Å². The highest BCUT2D eigenvalue weighted by atomic mass is 16.2. The van der Waals surface area contributed by atoms with Crippen molar-refractivity contribution < 1.29 is 4.79 Å². The maximum atomic E-state index is 12.7. The molecule has 20 heavy (non-hydrogen) atoms. The second kappa shape index (κ2) is 4.34.